The number of hydrogen-bond donors (Lipinski definition) is 1. The summed E-state index contributed by atoms with van der Waals surface area (Å²) < 4.78 is 5.10. The fourth-order valence-electron chi connectivity index (χ4n) is 2.23. The summed E-state index contributed by atoms with van der Waals surface area (Å²) in [6.45, 7) is 9.77. The number of likely N-dealkylation sites (tertiary alicyclic amines) is 1. The molecule has 100 valence electrons. The average Bonchev–Trinajstić information content (AvgIpc) is 2.76. The Bertz CT molecular complexity index is 225. The van der Waals surface area contributed by atoms with Crippen LogP contribution in [0.2, 0.25) is 0 Å². The van der Waals surface area contributed by atoms with Gasteiger partial charge in [-0.3, -0.25) is 4.79 Å². The molecule has 0 aromatic carbocycles. The minimum atomic E-state index is -0.157. The molecule has 0 amide bonds. The van der Waals surface area contributed by atoms with Crippen LogP contribution in [-0.4, -0.2) is 49.2 Å². The molecule has 1 fully saturated rings. The first-order chi connectivity index (χ1) is 8.13. The quantitative estimate of drug-likeness (QED) is 0.685. The van der Waals surface area contributed by atoms with Gasteiger partial charge >= 0.3 is 5.97 Å². The Morgan fingerprint density at radius 3 is 2.53 bits per heavy atom. The minimum Gasteiger partial charge on any atom is -0.465 e. The zero-order valence-electron chi connectivity index (χ0n) is 11.4. The number of carbonyl (C=O) groups is 1. The van der Waals surface area contributed by atoms with Crippen LogP contribution in [0.25, 0.3) is 0 Å². The molecule has 1 heterocycles. The molecular formula is C13H26N2O2. The van der Waals surface area contributed by atoms with E-state index in [0.717, 1.165) is 13.0 Å². The number of ether oxygens (including phenoxy) is 1. The van der Waals surface area contributed by atoms with Crippen LogP contribution in [0.3, 0.4) is 0 Å². The van der Waals surface area contributed by atoms with Crippen molar-refractivity contribution in [1.82, 2.24) is 10.2 Å². The molecule has 1 unspecified atom stereocenters. The molecule has 0 aromatic rings. The number of nitrogens with one attached hydrogen (secondary N) is 1. The van der Waals surface area contributed by atoms with Gasteiger partial charge in [-0.1, -0.05) is 13.8 Å². The third-order valence-electron chi connectivity index (χ3n) is 3.04. The highest BCUT2D eigenvalue weighted by molar-refractivity contribution is 5.75. The standard InChI is InChI=1S/C13H26N2O2/c1-4-17-13(16)12(14-11(2)3)7-10-15-8-5-6-9-15/h11-12,14H,4-10H2,1-3H3. The fraction of sp³-hybridized carbons (Fsp3) is 0.923. The normalized spacial score (nSPS) is 18.6. The molecule has 1 saturated heterocycles. The molecule has 0 radical (unpaired) electrons. The highest BCUT2D eigenvalue weighted by atomic mass is 16.5. The Morgan fingerprint density at radius 1 is 1.35 bits per heavy atom. The largest absolute Gasteiger partial charge is 0.465 e. The molecule has 1 aliphatic heterocycles. The van der Waals surface area contributed by atoms with Crippen molar-refractivity contribution in [1.29, 1.82) is 0 Å². The molecule has 4 heteroatoms. The highest BCUT2D eigenvalue weighted by Crippen LogP contribution is 2.09. The van der Waals surface area contributed by atoms with Gasteiger partial charge in [0.2, 0.25) is 0 Å². The monoisotopic (exact) mass is 242 g/mol. The van der Waals surface area contributed by atoms with Crippen LogP contribution in [0.15, 0.2) is 0 Å². The molecule has 1 aliphatic rings. The molecule has 4 nitrogen and oxygen atoms in total. The van der Waals surface area contributed by atoms with E-state index in [1.54, 1.807) is 0 Å². The lowest BCUT2D eigenvalue weighted by molar-refractivity contribution is -0.146. The fourth-order valence-corrected chi connectivity index (χ4v) is 2.23. The molecule has 0 aliphatic carbocycles. The number of rotatable bonds is 7. The summed E-state index contributed by atoms with van der Waals surface area (Å²) in [7, 11) is 0. The van der Waals surface area contributed by atoms with Crippen molar-refractivity contribution in [3.63, 3.8) is 0 Å². The van der Waals surface area contributed by atoms with Gasteiger partial charge in [0.25, 0.3) is 0 Å². The lowest BCUT2D eigenvalue weighted by atomic mass is 10.1. The molecule has 1 N–H and O–H groups in total. The van der Waals surface area contributed by atoms with E-state index in [0.29, 0.717) is 12.6 Å². The number of hydrogen-bond acceptors (Lipinski definition) is 4. The third-order valence-corrected chi connectivity index (χ3v) is 3.04. The Hall–Kier alpha value is -0.610. The second kappa shape index (κ2) is 7.67. The summed E-state index contributed by atoms with van der Waals surface area (Å²) >= 11 is 0. The number of esters is 1. The van der Waals surface area contributed by atoms with E-state index in [-0.39, 0.29) is 12.0 Å². The van der Waals surface area contributed by atoms with Crippen molar-refractivity contribution in [3.8, 4) is 0 Å². The van der Waals surface area contributed by atoms with Crippen molar-refractivity contribution < 1.29 is 9.53 Å². The van der Waals surface area contributed by atoms with Gasteiger partial charge in [0.15, 0.2) is 0 Å². The van der Waals surface area contributed by atoms with Crippen molar-refractivity contribution >= 4 is 5.97 Å². The van der Waals surface area contributed by atoms with Gasteiger partial charge in [-0.05, 0) is 39.3 Å². The second-order valence-electron chi connectivity index (χ2n) is 4.96. The smallest absolute Gasteiger partial charge is 0.323 e. The predicted molar refractivity (Wildman–Crippen MR) is 69.0 cm³/mol. The van der Waals surface area contributed by atoms with E-state index < -0.39 is 0 Å². The Morgan fingerprint density at radius 2 is 2.00 bits per heavy atom. The van der Waals surface area contributed by atoms with Crippen molar-refractivity contribution in [2.24, 2.45) is 0 Å². The Labute approximate surface area is 105 Å². The number of carbonyl (C=O) groups excluding carboxylic acids is 1. The van der Waals surface area contributed by atoms with Crippen molar-refractivity contribution in [2.45, 2.75) is 52.1 Å². The van der Waals surface area contributed by atoms with Crippen LogP contribution in [0.1, 0.15) is 40.0 Å². The van der Waals surface area contributed by atoms with E-state index in [4.69, 9.17) is 4.74 Å². The average molecular weight is 242 g/mol. The van der Waals surface area contributed by atoms with Crippen LogP contribution < -0.4 is 5.32 Å². The minimum absolute atomic E-state index is 0.111. The molecule has 0 spiro atoms. The molecule has 0 bridgehead atoms. The first-order valence-corrected chi connectivity index (χ1v) is 6.78. The van der Waals surface area contributed by atoms with Crippen molar-refractivity contribution in [3.05, 3.63) is 0 Å². The van der Waals surface area contributed by atoms with E-state index in [1.807, 2.05) is 6.92 Å². The molecular weight excluding hydrogens is 216 g/mol. The van der Waals surface area contributed by atoms with Crippen LogP contribution in [0.4, 0.5) is 0 Å². The lowest BCUT2D eigenvalue weighted by Crippen LogP contribution is -2.43. The maximum atomic E-state index is 11.8. The highest BCUT2D eigenvalue weighted by Gasteiger charge is 2.22. The first kappa shape index (κ1) is 14.5. The van der Waals surface area contributed by atoms with E-state index in [9.17, 15) is 4.79 Å². The molecule has 0 saturated carbocycles. The molecule has 1 atom stereocenters. The summed E-state index contributed by atoms with van der Waals surface area (Å²) in [5.74, 6) is -0.111. The van der Waals surface area contributed by atoms with Crippen LogP contribution in [-0.2, 0) is 9.53 Å². The van der Waals surface area contributed by atoms with Gasteiger partial charge in [-0.25, -0.2) is 0 Å². The third kappa shape index (κ3) is 5.50. The van der Waals surface area contributed by atoms with Crippen LogP contribution in [0, 0.1) is 0 Å². The molecule has 0 aromatic heterocycles. The van der Waals surface area contributed by atoms with Gasteiger partial charge in [-0.15, -0.1) is 0 Å². The topological polar surface area (TPSA) is 41.6 Å². The van der Waals surface area contributed by atoms with Gasteiger partial charge < -0.3 is 15.0 Å². The first-order valence-electron chi connectivity index (χ1n) is 6.78. The lowest BCUT2D eigenvalue weighted by Gasteiger charge is -2.22. The van der Waals surface area contributed by atoms with Gasteiger partial charge in [-0.2, -0.15) is 0 Å². The van der Waals surface area contributed by atoms with Gasteiger partial charge in [0.1, 0.15) is 6.04 Å². The maximum Gasteiger partial charge on any atom is 0.323 e. The van der Waals surface area contributed by atoms with Crippen LogP contribution in [0.5, 0.6) is 0 Å². The summed E-state index contributed by atoms with van der Waals surface area (Å²) in [5, 5.41) is 3.29. The van der Waals surface area contributed by atoms with Gasteiger partial charge in [0, 0.05) is 12.6 Å². The maximum absolute atomic E-state index is 11.8. The van der Waals surface area contributed by atoms with Crippen molar-refractivity contribution in [2.75, 3.05) is 26.2 Å². The second-order valence-corrected chi connectivity index (χ2v) is 4.96. The van der Waals surface area contributed by atoms with E-state index >= 15 is 0 Å². The zero-order valence-corrected chi connectivity index (χ0v) is 11.4. The summed E-state index contributed by atoms with van der Waals surface area (Å²) in [4.78, 5) is 14.2. The molecule has 17 heavy (non-hydrogen) atoms. The summed E-state index contributed by atoms with van der Waals surface area (Å²) in [5.41, 5.74) is 0. The SMILES string of the molecule is CCOC(=O)C(CCN1CCCC1)NC(C)C. The predicted octanol–water partition coefficient (Wildman–Crippen LogP) is 1.40. The van der Waals surface area contributed by atoms with Crippen LogP contribution >= 0.6 is 0 Å². The van der Waals surface area contributed by atoms with Gasteiger partial charge in [0.05, 0.1) is 6.61 Å². The van der Waals surface area contributed by atoms with E-state index in [2.05, 4.69) is 24.1 Å². The summed E-state index contributed by atoms with van der Waals surface area (Å²) in [6.07, 6.45) is 3.43. The Balaban J connectivity index is 2.35. The number of nitrogens with zero attached hydrogens (tertiary/aromatic N) is 1. The van der Waals surface area contributed by atoms with E-state index in [1.165, 1.54) is 25.9 Å². The summed E-state index contributed by atoms with van der Waals surface area (Å²) in [6, 6.07) is 0.151. The molecule has 1 rings (SSSR count). The zero-order chi connectivity index (χ0) is 12.7. The Kier molecular flexibility index (Phi) is 6.52.